The van der Waals surface area contributed by atoms with Crippen LogP contribution in [-0.2, 0) is 6.18 Å². The zero-order valence-corrected chi connectivity index (χ0v) is 10.3. The van der Waals surface area contributed by atoms with Crippen LogP contribution in [0.4, 0.5) is 18.9 Å². The number of benzene rings is 1. The zero-order valence-electron chi connectivity index (χ0n) is 10.3. The van der Waals surface area contributed by atoms with Gasteiger partial charge < -0.3 is 10.4 Å². The number of aliphatic hydroxyl groups is 1. The van der Waals surface area contributed by atoms with E-state index in [2.05, 4.69) is 5.32 Å². The molecule has 0 aromatic heterocycles. The first kappa shape index (κ1) is 13.2. The van der Waals surface area contributed by atoms with E-state index in [0.717, 1.165) is 6.07 Å². The van der Waals surface area contributed by atoms with Gasteiger partial charge in [0.25, 0.3) is 0 Å². The number of rotatable bonds is 1. The molecular weight excluding hydrogens is 243 g/mol. The highest BCUT2D eigenvalue weighted by atomic mass is 19.4. The average Bonchev–Trinajstić information content (AvgIpc) is 2.26. The van der Waals surface area contributed by atoms with E-state index in [9.17, 15) is 18.3 Å². The predicted octanol–water partition coefficient (Wildman–Crippen LogP) is 3.58. The minimum atomic E-state index is -4.41. The minimum absolute atomic E-state index is 0.0300. The van der Waals surface area contributed by atoms with E-state index in [1.54, 1.807) is 6.07 Å². The van der Waals surface area contributed by atoms with Gasteiger partial charge in [-0.1, -0.05) is 26.0 Å². The van der Waals surface area contributed by atoms with Crippen LogP contribution < -0.4 is 5.32 Å². The van der Waals surface area contributed by atoms with Gasteiger partial charge in [-0.25, -0.2) is 0 Å². The number of halogens is 3. The largest absolute Gasteiger partial charge is 0.418 e. The maximum absolute atomic E-state index is 12.9. The van der Waals surface area contributed by atoms with Gasteiger partial charge in [-0.3, -0.25) is 0 Å². The normalized spacial score (nSPS) is 23.7. The molecule has 18 heavy (non-hydrogen) atoms. The summed E-state index contributed by atoms with van der Waals surface area (Å²) in [5.74, 6) is 0.161. The molecule has 0 spiro atoms. The van der Waals surface area contributed by atoms with Crippen molar-refractivity contribution in [1.29, 1.82) is 0 Å². The Morgan fingerprint density at radius 1 is 1.33 bits per heavy atom. The van der Waals surface area contributed by atoms with Gasteiger partial charge in [-0.15, -0.1) is 0 Å². The molecule has 1 aromatic carbocycles. The Balaban J connectivity index is 2.48. The predicted molar refractivity (Wildman–Crippen MR) is 63.3 cm³/mol. The second kappa shape index (κ2) is 4.46. The van der Waals surface area contributed by atoms with Crippen LogP contribution in [0.5, 0.6) is 0 Å². The zero-order chi connectivity index (χ0) is 13.5. The monoisotopic (exact) mass is 259 g/mol. The van der Waals surface area contributed by atoms with Gasteiger partial charge in [0.1, 0.15) is 0 Å². The van der Waals surface area contributed by atoms with Crippen LogP contribution in [0.3, 0.4) is 0 Å². The summed E-state index contributed by atoms with van der Waals surface area (Å²) >= 11 is 0. The van der Waals surface area contributed by atoms with Crippen molar-refractivity contribution in [2.75, 3.05) is 5.32 Å². The summed E-state index contributed by atoms with van der Waals surface area (Å²) < 4.78 is 38.7. The number of aliphatic hydroxyl groups excluding tert-OH is 1. The smallest absolute Gasteiger partial charge is 0.388 e. The summed E-state index contributed by atoms with van der Waals surface area (Å²) in [6.45, 7) is 3.84. The second-order valence-electron chi connectivity index (χ2n) is 5.01. The van der Waals surface area contributed by atoms with Gasteiger partial charge in [0, 0.05) is 11.6 Å². The van der Waals surface area contributed by atoms with E-state index in [1.807, 2.05) is 13.8 Å². The second-order valence-corrected chi connectivity index (χ2v) is 5.01. The number of nitrogens with one attached hydrogen (secondary N) is 1. The summed E-state index contributed by atoms with van der Waals surface area (Å²) in [4.78, 5) is 0. The first-order valence-electron chi connectivity index (χ1n) is 5.95. The van der Waals surface area contributed by atoms with Crippen molar-refractivity contribution in [1.82, 2.24) is 0 Å². The van der Waals surface area contributed by atoms with Crippen molar-refractivity contribution >= 4 is 5.69 Å². The van der Waals surface area contributed by atoms with Gasteiger partial charge in [0.2, 0.25) is 0 Å². The van der Waals surface area contributed by atoms with E-state index in [1.165, 1.54) is 6.07 Å². The number of anilines is 1. The molecule has 2 atom stereocenters. The van der Waals surface area contributed by atoms with Crippen LogP contribution >= 0.6 is 0 Å². The van der Waals surface area contributed by atoms with E-state index >= 15 is 0 Å². The highest BCUT2D eigenvalue weighted by Gasteiger charge is 2.38. The van der Waals surface area contributed by atoms with Crippen molar-refractivity contribution in [2.45, 2.75) is 38.6 Å². The third-order valence-corrected chi connectivity index (χ3v) is 3.37. The molecule has 1 heterocycles. The lowest BCUT2D eigenvalue weighted by atomic mass is 9.88. The number of fused-ring (bicyclic) bond motifs is 1. The first-order chi connectivity index (χ1) is 8.30. The Morgan fingerprint density at radius 3 is 2.56 bits per heavy atom. The maximum Gasteiger partial charge on any atom is 0.418 e. The molecule has 5 heteroatoms. The van der Waals surface area contributed by atoms with Gasteiger partial charge in [0.15, 0.2) is 0 Å². The maximum atomic E-state index is 12.9. The standard InChI is InChI=1S/C13H16F3NO/c1-7(2)10-6-11(18)8-4-3-5-9(12(8)17-10)13(14,15)16/h3-5,7,10-11,17-18H,6H2,1-2H3. The summed E-state index contributed by atoms with van der Waals surface area (Å²) in [7, 11) is 0. The first-order valence-corrected chi connectivity index (χ1v) is 5.95. The van der Waals surface area contributed by atoms with Crippen LogP contribution in [0.1, 0.15) is 37.5 Å². The molecule has 2 unspecified atom stereocenters. The Hall–Kier alpha value is -1.23. The van der Waals surface area contributed by atoms with Gasteiger partial charge in [-0.2, -0.15) is 13.2 Å². The van der Waals surface area contributed by atoms with Crippen LogP contribution in [0, 0.1) is 5.92 Å². The fraction of sp³-hybridized carbons (Fsp3) is 0.538. The van der Waals surface area contributed by atoms with E-state index in [4.69, 9.17) is 0 Å². The Kier molecular flexibility index (Phi) is 3.27. The summed E-state index contributed by atoms with van der Waals surface area (Å²) in [6.07, 6.45) is -4.81. The highest BCUT2D eigenvalue weighted by molar-refractivity contribution is 5.62. The quantitative estimate of drug-likeness (QED) is 0.808. The lowest BCUT2D eigenvalue weighted by molar-refractivity contribution is -0.137. The van der Waals surface area contributed by atoms with Crippen molar-refractivity contribution < 1.29 is 18.3 Å². The summed E-state index contributed by atoms with van der Waals surface area (Å²) in [6, 6.07) is 3.78. The Labute approximate surface area is 104 Å². The molecule has 2 N–H and O–H groups in total. The highest BCUT2D eigenvalue weighted by Crippen LogP contribution is 2.42. The fourth-order valence-corrected chi connectivity index (χ4v) is 2.30. The molecule has 1 aliphatic heterocycles. The Morgan fingerprint density at radius 2 is 2.00 bits per heavy atom. The topological polar surface area (TPSA) is 32.3 Å². The van der Waals surface area contributed by atoms with Crippen LogP contribution in [0.2, 0.25) is 0 Å². The minimum Gasteiger partial charge on any atom is -0.388 e. The molecule has 0 saturated heterocycles. The fourth-order valence-electron chi connectivity index (χ4n) is 2.30. The summed E-state index contributed by atoms with van der Waals surface area (Å²) in [5, 5.41) is 12.9. The third kappa shape index (κ3) is 2.32. The molecule has 100 valence electrons. The van der Waals surface area contributed by atoms with Crippen molar-refractivity contribution in [3.63, 3.8) is 0 Å². The SMILES string of the molecule is CC(C)C1CC(O)c2cccc(C(F)(F)F)c2N1. The molecule has 0 saturated carbocycles. The van der Waals surface area contributed by atoms with Crippen molar-refractivity contribution in [3.8, 4) is 0 Å². The van der Waals surface area contributed by atoms with Crippen molar-refractivity contribution in [3.05, 3.63) is 29.3 Å². The lowest BCUT2D eigenvalue weighted by Gasteiger charge is -2.34. The summed E-state index contributed by atoms with van der Waals surface area (Å²) in [5.41, 5.74) is -0.339. The molecule has 0 fully saturated rings. The van der Waals surface area contributed by atoms with E-state index in [0.29, 0.717) is 12.0 Å². The molecule has 2 rings (SSSR count). The third-order valence-electron chi connectivity index (χ3n) is 3.37. The number of para-hydroxylation sites is 1. The van der Waals surface area contributed by atoms with Crippen molar-refractivity contribution in [2.24, 2.45) is 5.92 Å². The number of hydrogen-bond donors (Lipinski definition) is 2. The van der Waals surface area contributed by atoms with E-state index < -0.39 is 17.8 Å². The molecule has 0 radical (unpaired) electrons. The molecule has 0 bridgehead atoms. The van der Waals surface area contributed by atoms with Crippen LogP contribution in [-0.4, -0.2) is 11.1 Å². The van der Waals surface area contributed by atoms with Gasteiger partial charge >= 0.3 is 6.18 Å². The Bertz CT molecular complexity index is 442. The molecule has 2 nitrogen and oxygen atoms in total. The molecule has 0 aliphatic carbocycles. The molecular formula is C13H16F3NO. The molecule has 0 amide bonds. The van der Waals surface area contributed by atoms with Crippen LogP contribution in [0.15, 0.2) is 18.2 Å². The van der Waals surface area contributed by atoms with Crippen LogP contribution in [0.25, 0.3) is 0 Å². The molecule has 1 aliphatic rings. The molecule has 1 aromatic rings. The number of alkyl halides is 3. The lowest BCUT2D eigenvalue weighted by Crippen LogP contribution is -2.33. The average molecular weight is 259 g/mol. The number of hydrogen-bond acceptors (Lipinski definition) is 2. The van der Waals surface area contributed by atoms with E-state index in [-0.39, 0.29) is 17.6 Å². The van der Waals surface area contributed by atoms with Gasteiger partial charge in [-0.05, 0) is 18.4 Å². The van der Waals surface area contributed by atoms with Gasteiger partial charge in [0.05, 0.1) is 17.4 Å².